The van der Waals surface area contributed by atoms with Crippen LogP contribution in [0, 0.1) is 0 Å². The maximum atomic E-state index is 10.6. The van der Waals surface area contributed by atoms with Crippen molar-refractivity contribution in [2.75, 3.05) is 11.5 Å². The van der Waals surface area contributed by atoms with Gasteiger partial charge in [0.2, 0.25) is 0 Å². The summed E-state index contributed by atoms with van der Waals surface area (Å²) in [5, 5.41) is 8.69. The molecule has 1 unspecified atom stereocenters. The minimum Gasteiger partial charge on any atom is -0.489 e. The molecule has 0 amide bonds. The van der Waals surface area contributed by atoms with Crippen molar-refractivity contribution in [1.82, 2.24) is 0 Å². The topological polar surface area (TPSA) is 72.6 Å². The van der Waals surface area contributed by atoms with E-state index in [-0.39, 0.29) is 12.5 Å². The van der Waals surface area contributed by atoms with Gasteiger partial charge in [-0.1, -0.05) is 12.1 Å². The lowest BCUT2D eigenvalue weighted by Gasteiger charge is -2.26. The minimum atomic E-state index is -0.890. The predicted molar refractivity (Wildman–Crippen MR) is 67.4 cm³/mol. The average molecular weight is 253 g/mol. The van der Waals surface area contributed by atoms with E-state index in [4.69, 9.17) is 15.6 Å². The van der Waals surface area contributed by atoms with Gasteiger partial charge in [0.25, 0.3) is 0 Å². The number of hydrogen-bond donors (Lipinski definition) is 2. The van der Waals surface area contributed by atoms with Gasteiger partial charge in [-0.3, -0.25) is 4.79 Å². The quantitative estimate of drug-likeness (QED) is 0.835. The Morgan fingerprint density at radius 2 is 2.35 bits per heavy atom. The molecule has 1 aromatic carbocycles. The van der Waals surface area contributed by atoms with Gasteiger partial charge in [-0.25, -0.2) is 0 Å². The van der Waals surface area contributed by atoms with Crippen molar-refractivity contribution in [2.45, 2.75) is 18.6 Å². The van der Waals surface area contributed by atoms with E-state index in [1.54, 1.807) is 0 Å². The van der Waals surface area contributed by atoms with E-state index < -0.39 is 12.0 Å². The zero-order chi connectivity index (χ0) is 12.3. The summed E-state index contributed by atoms with van der Waals surface area (Å²) < 4.78 is 5.72. The van der Waals surface area contributed by atoms with Crippen molar-refractivity contribution in [3.05, 3.63) is 29.8 Å². The molecular weight excluding hydrogens is 238 g/mol. The van der Waals surface area contributed by atoms with E-state index in [1.807, 2.05) is 36.0 Å². The smallest absolute Gasteiger partial charge is 0.305 e. The third-order valence-electron chi connectivity index (χ3n) is 2.59. The highest BCUT2D eigenvalue weighted by atomic mass is 32.2. The van der Waals surface area contributed by atoms with Crippen molar-refractivity contribution in [2.24, 2.45) is 5.73 Å². The Morgan fingerprint density at radius 3 is 2.94 bits per heavy atom. The molecule has 17 heavy (non-hydrogen) atoms. The predicted octanol–water partition coefficient (Wildman–Crippen LogP) is 1.66. The summed E-state index contributed by atoms with van der Waals surface area (Å²) in [7, 11) is 0. The molecule has 92 valence electrons. The normalized spacial score (nSPS) is 17.2. The highest BCUT2D eigenvalue weighted by Crippen LogP contribution is 2.26. The molecule has 1 aromatic rings. The number of hydrogen-bond acceptors (Lipinski definition) is 4. The summed E-state index contributed by atoms with van der Waals surface area (Å²) in [6, 6.07) is 6.90. The van der Waals surface area contributed by atoms with Crippen molar-refractivity contribution in [3.63, 3.8) is 0 Å². The van der Waals surface area contributed by atoms with Crippen LogP contribution in [0.2, 0.25) is 0 Å². The Balaban J connectivity index is 2.01. The molecule has 0 aliphatic carbocycles. The van der Waals surface area contributed by atoms with Gasteiger partial charge in [-0.15, -0.1) is 0 Å². The molecule has 0 bridgehead atoms. The Morgan fingerprint density at radius 1 is 1.59 bits per heavy atom. The maximum absolute atomic E-state index is 10.6. The van der Waals surface area contributed by atoms with Crippen molar-refractivity contribution in [3.8, 4) is 5.75 Å². The molecule has 2 rings (SSSR count). The number of thioether (sulfide) groups is 1. The van der Waals surface area contributed by atoms with Gasteiger partial charge in [-0.2, -0.15) is 11.8 Å². The largest absolute Gasteiger partial charge is 0.489 e. The summed E-state index contributed by atoms with van der Waals surface area (Å²) in [5.74, 6) is 1.92. The summed E-state index contributed by atoms with van der Waals surface area (Å²) in [6.45, 7) is 0. The molecule has 0 radical (unpaired) electrons. The zero-order valence-electron chi connectivity index (χ0n) is 9.33. The van der Waals surface area contributed by atoms with Crippen molar-refractivity contribution >= 4 is 17.7 Å². The van der Waals surface area contributed by atoms with E-state index in [0.29, 0.717) is 0 Å². The van der Waals surface area contributed by atoms with E-state index in [1.165, 1.54) is 0 Å². The SMILES string of the molecule is NC(CC(=O)O)c1cccc(OC2CSC2)c1. The van der Waals surface area contributed by atoms with Gasteiger partial charge >= 0.3 is 5.97 Å². The lowest BCUT2D eigenvalue weighted by atomic mass is 10.0. The second kappa shape index (κ2) is 5.42. The van der Waals surface area contributed by atoms with Crippen LogP contribution in [-0.4, -0.2) is 28.7 Å². The molecule has 4 nitrogen and oxygen atoms in total. The van der Waals surface area contributed by atoms with E-state index in [2.05, 4.69) is 0 Å². The molecule has 1 aliphatic heterocycles. The first-order valence-electron chi connectivity index (χ1n) is 5.47. The third kappa shape index (κ3) is 3.38. The Labute approximate surface area is 104 Å². The first kappa shape index (κ1) is 12.3. The number of rotatable bonds is 5. The van der Waals surface area contributed by atoms with Gasteiger partial charge in [0, 0.05) is 17.5 Å². The second-order valence-electron chi connectivity index (χ2n) is 4.05. The third-order valence-corrected chi connectivity index (χ3v) is 3.81. The first-order chi connectivity index (χ1) is 8.15. The summed E-state index contributed by atoms with van der Waals surface area (Å²) >= 11 is 1.86. The molecule has 0 aromatic heterocycles. The monoisotopic (exact) mass is 253 g/mol. The van der Waals surface area contributed by atoms with Crippen molar-refractivity contribution < 1.29 is 14.6 Å². The van der Waals surface area contributed by atoms with Gasteiger partial charge in [-0.05, 0) is 17.7 Å². The van der Waals surface area contributed by atoms with Crippen LogP contribution in [0.4, 0.5) is 0 Å². The first-order valence-corrected chi connectivity index (χ1v) is 6.62. The molecular formula is C12H15NO3S. The molecule has 1 heterocycles. The maximum Gasteiger partial charge on any atom is 0.305 e. The van der Waals surface area contributed by atoms with Gasteiger partial charge in [0.15, 0.2) is 0 Å². The number of carbonyl (C=O) groups is 1. The highest BCUT2D eigenvalue weighted by Gasteiger charge is 2.20. The van der Waals surface area contributed by atoms with Crippen LogP contribution < -0.4 is 10.5 Å². The van der Waals surface area contributed by atoms with Gasteiger partial charge in [0.1, 0.15) is 11.9 Å². The summed E-state index contributed by atoms with van der Waals surface area (Å²) in [5.41, 5.74) is 6.60. The van der Waals surface area contributed by atoms with Crippen LogP contribution >= 0.6 is 11.8 Å². The van der Waals surface area contributed by atoms with Crippen LogP contribution in [0.25, 0.3) is 0 Å². The number of aliphatic carboxylic acids is 1. The molecule has 1 fully saturated rings. The minimum absolute atomic E-state index is 0.0667. The van der Waals surface area contributed by atoms with Crippen LogP contribution in [0.15, 0.2) is 24.3 Å². The van der Waals surface area contributed by atoms with E-state index >= 15 is 0 Å². The molecule has 0 saturated carbocycles. The van der Waals surface area contributed by atoms with E-state index in [9.17, 15) is 4.79 Å². The van der Waals surface area contributed by atoms with Crippen LogP contribution in [0.5, 0.6) is 5.75 Å². The van der Waals surface area contributed by atoms with Gasteiger partial charge < -0.3 is 15.6 Å². The Kier molecular flexibility index (Phi) is 3.91. The number of carboxylic acid groups (broad SMARTS) is 1. The summed E-state index contributed by atoms with van der Waals surface area (Å²) in [4.78, 5) is 10.6. The number of carboxylic acids is 1. The van der Waals surface area contributed by atoms with Crippen LogP contribution in [-0.2, 0) is 4.79 Å². The highest BCUT2D eigenvalue weighted by molar-refractivity contribution is 8.00. The van der Waals surface area contributed by atoms with Gasteiger partial charge in [0.05, 0.1) is 6.42 Å². The molecule has 1 atom stereocenters. The fourth-order valence-electron chi connectivity index (χ4n) is 1.60. The second-order valence-corrected chi connectivity index (χ2v) is 5.13. The number of ether oxygens (including phenoxy) is 1. The van der Waals surface area contributed by atoms with Crippen LogP contribution in [0.1, 0.15) is 18.0 Å². The molecule has 5 heteroatoms. The fraction of sp³-hybridized carbons (Fsp3) is 0.417. The molecule has 1 aliphatic rings. The zero-order valence-corrected chi connectivity index (χ0v) is 10.2. The van der Waals surface area contributed by atoms with E-state index in [0.717, 1.165) is 22.8 Å². The lowest BCUT2D eigenvalue weighted by molar-refractivity contribution is -0.137. The number of nitrogens with two attached hydrogens (primary N) is 1. The van der Waals surface area contributed by atoms with Crippen LogP contribution in [0.3, 0.4) is 0 Å². The number of benzene rings is 1. The molecule has 0 spiro atoms. The Hall–Kier alpha value is -1.20. The average Bonchev–Trinajstić information content (AvgIpc) is 2.23. The van der Waals surface area contributed by atoms with Crippen molar-refractivity contribution in [1.29, 1.82) is 0 Å². The fourth-order valence-corrected chi connectivity index (χ4v) is 2.16. The lowest BCUT2D eigenvalue weighted by Crippen LogP contribution is -2.31. The summed E-state index contributed by atoms with van der Waals surface area (Å²) in [6.07, 6.45) is 0.217. The standard InChI is InChI=1S/C12H15NO3S/c13-11(5-12(14)15)8-2-1-3-9(4-8)16-10-6-17-7-10/h1-4,10-11H,5-7,13H2,(H,14,15). The molecule has 3 N–H and O–H groups in total. The molecule has 1 saturated heterocycles. The Bertz CT molecular complexity index is 406.